The first-order chi connectivity index (χ1) is 8.38. The van der Waals surface area contributed by atoms with Gasteiger partial charge in [-0.05, 0) is 36.4 Å². The van der Waals surface area contributed by atoms with E-state index in [4.69, 9.17) is 9.94 Å². The Morgan fingerprint density at radius 2 is 1.59 bits per heavy atom. The molecular formula is C13H12N2O2. The highest BCUT2D eigenvalue weighted by Crippen LogP contribution is 2.23. The molecule has 0 aliphatic rings. The van der Waals surface area contributed by atoms with Gasteiger partial charge in [0.15, 0.2) is 0 Å². The molecule has 0 aliphatic heterocycles. The van der Waals surface area contributed by atoms with Crippen molar-refractivity contribution in [3.05, 3.63) is 54.6 Å². The molecule has 0 saturated carbocycles. The number of nitrogens with zero attached hydrogens (tertiary/aromatic N) is 1. The largest absolute Gasteiger partial charge is 0.457 e. The average Bonchev–Trinajstić information content (AvgIpc) is 2.39. The summed E-state index contributed by atoms with van der Waals surface area (Å²) in [6.07, 6.45) is 1.20. The third-order valence-corrected chi connectivity index (χ3v) is 2.09. The Morgan fingerprint density at radius 1 is 0.941 bits per heavy atom. The van der Waals surface area contributed by atoms with Crippen molar-refractivity contribution < 1.29 is 9.94 Å². The number of hydrogen-bond acceptors (Lipinski definition) is 3. The van der Waals surface area contributed by atoms with Gasteiger partial charge in [0, 0.05) is 0 Å². The van der Waals surface area contributed by atoms with Crippen molar-refractivity contribution in [3.63, 3.8) is 0 Å². The first-order valence-corrected chi connectivity index (χ1v) is 5.13. The van der Waals surface area contributed by atoms with Crippen LogP contribution >= 0.6 is 0 Å². The number of nitrogens with one attached hydrogen (secondary N) is 1. The van der Waals surface area contributed by atoms with Gasteiger partial charge in [-0.25, -0.2) is 4.99 Å². The van der Waals surface area contributed by atoms with Gasteiger partial charge in [0.05, 0.1) is 5.69 Å². The third kappa shape index (κ3) is 3.32. The van der Waals surface area contributed by atoms with Gasteiger partial charge in [0.2, 0.25) is 0 Å². The predicted molar refractivity (Wildman–Crippen MR) is 66.0 cm³/mol. The van der Waals surface area contributed by atoms with Crippen molar-refractivity contribution in [3.8, 4) is 11.5 Å². The topological polar surface area (TPSA) is 53.8 Å². The van der Waals surface area contributed by atoms with Crippen LogP contribution in [0.2, 0.25) is 0 Å². The smallest absolute Gasteiger partial charge is 0.127 e. The maximum Gasteiger partial charge on any atom is 0.127 e. The van der Waals surface area contributed by atoms with Crippen LogP contribution < -0.4 is 10.2 Å². The SMILES string of the molecule is ONC=Nc1ccc(Oc2ccccc2)cc1. The lowest BCUT2D eigenvalue weighted by molar-refractivity contribution is 0.240. The Bertz CT molecular complexity index is 481. The molecule has 0 saturated heterocycles. The number of hydroxylamine groups is 1. The normalized spacial score (nSPS) is 10.4. The Balaban J connectivity index is 2.06. The molecule has 0 radical (unpaired) electrons. The molecule has 2 N–H and O–H groups in total. The lowest BCUT2D eigenvalue weighted by Crippen LogP contribution is -2.00. The van der Waals surface area contributed by atoms with Crippen molar-refractivity contribution >= 4 is 12.0 Å². The monoisotopic (exact) mass is 228 g/mol. The minimum atomic E-state index is 0.729. The molecule has 0 fully saturated rings. The quantitative estimate of drug-likeness (QED) is 0.480. The van der Waals surface area contributed by atoms with Crippen LogP contribution in [0.5, 0.6) is 11.5 Å². The van der Waals surface area contributed by atoms with E-state index in [-0.39, 0.29) is 0 Å². The highest BCUT2D eigenvalue weighted by atomic mass is 16.5. The standard InChI is InChI=1S/C13H12N2O2/c16-15-10-14-11-6-8-13(9-7-11)17-12-4-2-1-3-5-12/h1-10,16H,(H,14,15). The lowest BCUT2D eigenvalue weighted by atomic mass is 10.3. The van der Waals surface area contributed by atoms with Crippen molar-refractivity contribution in [1.29, 1.82) is 0 Å². The van der Waals surface area contributed by atoms with Crippen molar-refractivity contribution in [2.45, 2.75) is 0 Å². The zero-order valence-corrected chi connectivity index (χ0v) is 9.08. The number of hydrogen-bond donors (Lipinski definition) is 2. The van der Waals surface area contributed by atoms with E-state index in [1.165, 1.54) is 6.34 Å². The average molecular weight is 228 g/mol. The van der Waals surface area contributed by atoms with Crippen molar-refractivity contribution in [2.24, 2.45) is 4.99 Å². The number of rotatable bonds is 4. The zero-order chi connectivity index (χ0) is 11.9. The molecule has 0 aromatic heterocycles. The van der Waals surface area contributed by atoms with Crippen LogP contribution in [0.1, 0.15) is 0 Å². The highest BCUT2D eigenvalue weighted by Gasteiger charge is 1.95. The summed E-state index contributed by atoms with van der Waals surface area (Å²) in [6.45, 7) is 0. The molecule has 2 aromatic rings. The van der Waals surface area contributed by atoms with Crippen LogP contribution in [0.3, 0.4) is 0 Å². The van der Waals surface area contributed by atoms with Crippen LogP contribution in [-0.4, -0.2) is 11.5 Å². The Hall–Kier alpha value is -2.33. The minimum absolute atomic E-state index is 0.729. The van der Waals surface area contributed by atoms with Gasteiger partial charge >= 0.3 is 0 Å². The van der Waals surface area contributed by atoms with E-state index < -0.39 is 0 Å². The fourth-order valence-corrected chi connectivity index (χ4v) is 1.33. The van der Waals surface area contributed by atoms with Gasteiger partial charge in [-0.1, -0.05) is 18.2 Å². The molecule has 2 rings (SSSR count). The van der Waals surface area contributed by atoms with Gasteiger partial charge in [-0.3, -0.25) is 10.7 Å². The van der Waals surface area contributed by atoms with E-state index in [1.807, 2.05) is 47.9 Å². The molecule has 0 aliphatic carbocycles. The van der Waals surface area contributed by atoms with E-state index in [0.717, 1.165) is 17.2 Å². The second-order valence-electron chi connectivity index (χ2n) is 3.30. The second-order valence-corrected chi connectivity index (χ2v) is 3.30. The summed E-state index contributed by atoms with van der Waals surface area (Å²) in [6, 6.07) is 16.8. The number of benzene rings is 2. The van der Waals surface area contributed by atoms with Crippen LogP contribution in [0.15, 0.2) is 59.6 Å². The molecule has 0 spiro atoms. The molecule has 4 heteroatoms. The molecule has 0 unspecified atom stereocenters. The first-order valence-electron chi connectivity index (χ1n) is 5.13. The summed E-state index contributed by atoms with van der Waals surface area (Å²) in [5.41, 5.74) is 2.58. The van der Waals surface area contributed by atoms with E-state index >= 15 is 0 Å². The molecule has 4 nitrogen and oxygen atoms in total. The van der Waals surface area contributed by atoms with Gasteiger partial charge in [-0.15, -0.1) is 0 Å². The molecule has 0 amide bonds. The summed E-state index contributed by atoms with van der Waals surface area (Å²) in [5.74, 6) is 1.54. The number of ether oxygens (including phenoxy) is 1. The van der Waals surface area contributed by atoms with Gasteiger partial charge < -0.3 is 4.74 Å². The van der Waals surface area contributed by atoms with E-state index in [9.17, 15) is 0 Å². The highest BCUT2D eigenvalue weighted by molar-refractivity contribution is 5.60. The zero-order valence-electron chi connectivity index (χ0n) is 9.08. The number of aliphatic imine (C=N–C) groups is 1. The van der Waals surface area contributed by atoms with Crippen molar-refractivity contribution in [2.75, 3.05) is 0 Å². The molecule has 0 atom stereocenters. The minimum Gasteiger partial charge on any atom is -0.457 e. The molecule has 0 heterocycles. The third-order valence-electron chi connectivity index (χ3n) is 2.09. The lowest BCUT2D eigenvalue weighted by Gasteiger charge is -2.04. The van der Waals surface area contributed by atoms with Crippen LogP contribution in [0.4, 0.5) is 5.69 Å². The molecular weight excluding hydrogens is 216 g/mol. The summed E-state index contributed by atoms with van der Waals surface area (Å²) in [7, 11) is 0. The Morgan fingerprint density at radius 3 is 2.24 bits per heavy atom. The maximum atomic E-state index is 8.35. The van der Waals surface area contributed by atoms with E-state index in [2.05, 4.69) is 4.99 Å². The molecule has 0 bridgehead atoms. The maximum absolute atomic E-state index is 8.35. The second kappa shape index (κ2) is 5.67. The molecule has 17 heavy (non-hydrogen) atoms. The summed E-state index contributed by atoms with van der Waals surface area (Å²) < 4.78 is 5.62. The molecule has 2 aromatic carbocycles. The van der Waals surface area contributed by atoms with E-state index in [0.29, 0.717) is 0 Å². The fraction of sp³-hybridized carbons (Fsp3) is 0. The van der Waals surface area contributed by atoms with E-state index in [1.54, 1.807) is 12.1 Å². The predicted octanol–water partition coefficient (Wildman–Crippen LogP) is 3.12. The van der Waals surface area contributed by atoms with Gasteiger partial charge in [0.25, 0.3) is 0 Å². The Labute approximate surface area is 99.2 Å². The summed E-state index contributed by atoms with van der Waals surface area (Å²) >= 11 is 0. The van der Waals surface area contributed by atoms with Crippen LogP contribution in [-0.2, 0) is 0 Å². The fourth-order valence-electron chi connectivity index (χ4n) is 1.33. The van der Waals surface area contributed by atoms with Crippen LogP contribution in [0.25, 0.3) is 0 Å². The van der Waals surface area contributed by atoms with Gasteiger partial charge in [0.1, 0.15) is 17.8 Å². The summed E-state index contributed by atoms with van der Waals surface area (Å²) in [4.78, 5) is 3.93. The summed E-state index contributed by atoms with van der Waals surface area (Å²) in [5, 5.41) is 8.35. The molecule has 86 valence electrons. The van der Waals surface area contributed by atoms with Crippen molar-refractivity contribution in [1.82, 2.24) is 5.48 Å². The Kier molecular flexibility index (Phi) is 3.72. The first kappa shape index (κ1) is 11.2. The number of para-hydroxylation sites is 1. The van der Waals surface area contributed by atoms with Gasteiger partial charge in [-0.2, -0.15) is 0 Å². The van der Waals surface area contributed by atoms with Crippen LogP contribution in [0, 0.1) is 0 Å².